The molecule has 194 valence electrons. The van der Waals surface area contributed by atoms with Crippen molar-refractivity contribution in [1.82, 2.24) is 4.90 Å². The molecule has 1 N–H and O–H groups in total. The van der Waals surface area contributed by atoms with Gasteiger partial charge in [-0.05, 0) is 33.5 Å². The Morgan fingerprint density at radius 1 is 0.500 bits per heavy atom. The molecule has 0 unspecified atom stereocenters. The molecule has 0 spiro atoms. The van der Waals surface area contributed by atoms with Crippen LogP contribution in [0.2, 0.25) is 0 Å². The van der Waals surface area contributed by atoms with Crippen molar-refractivity contribution in [1.29, 1.82) is 0 Å². The largest absolute Gasteiger partial charge is 0.481 e. The quantitative estimate of drug-likeness (QED) is 0.147. The second kappa shape index (κ2) is 30.4. The van der Waals surface area contributed by atoms with Crippen molar-refractivity contribution in [2.75, 3.05) is 20.6 Å². The van der Waals surface area contributed by atoms with E-state index in [9.17, 15) is 4.79 Å². The standard InChI is InChI=1S/C18H36O2.C11H25N/c1-2-3-4-5-6-7-8-9-10-11-12-13-14-15-16-17-18(19)20;1-4-5-6-7-8-9-10-11-12(2)3/h2-17H2,1H3,(H,19,20);4-11H2,1-3H3. The SMILES string of the molecule is CCCCCCCCCCCCCCCCCC(=O)O.CCCCCCCCCN(C)C. The molecular formula is C29H61NO2. The van der Waals surface area contributed by atoms with Crippen molar-refractivity contribution in [2.45, 2.75) is 162 Å². The Hall–Kier alpha value is -0.570. The van der Waals surface area contributed by atoms with Crippen LogP contribution < -0.4 is 0 Å². The van der Waals surface area contributed by atoms with Gasteiger partial charge in [0, 0.05) is 6.42 Å². The van der Waals surface area contributed by atoms with Gasteiger partial charge in [0.05, 0.1) is 0 Å². The van der Waals surface area contributed by atoms with E-state index in [2.05, 4.69) is 32.8 Å². The normalized spacial score (nSPS) is 10.9. The second-order valence-electron chi connectivity index (χ2n) is 10.0. The first-order chi connectivity index (χ1) is 15.5. The highest BCUT2D eigenvalue weighted by Crippen LogP contribution is 2.13. The summed E-state index contributed by atoms with van der Waals surface area (Å²) in [6.07, 6.45) is 30.1. The van der Waals surface area contributed by atoms with Crippen LogP contribution in [0.15, 0.2) is 0 Å². The van der Waals surface area contributed by atoms with Crippen molar-refractivity contribution < 1.29 is 9.90 Å². The van der Waals surface area contributed by atoms with Gasteiger partial charge in [0.15, 0.2) is 0 Å². The van der Waals surface area contributed by atoms with E-state index in [1.807, 2.05) is 0 Å². The smallest absolute Gasteiger partial charge is 0.303 e. The number of rotatable bonds is 24. The molecule has 0 aliphatic rings. The third-order valence-corrected chi connectivity index (χ3v) is 6.20. The highest BCUT2D eigenvalue weighted by Gasteiger charge is 1.97. The Morgan fingerprint density at radius 3 is 1.06 bits per heavy atom. The predicted octanol–water partition coefficient (Wildman–Crippen LogP) is 9.63. The molecule has 0 aliphatic carbocycles. The van der Waals surface area contributed by atoms with Gasteiger partial charge >= 0.3 is 5.97 Å². The molecule has 0 atom stereocenters. The van der Waals surface area contributed by atoms with Crippen LogP contribution in [-0.4, -0.2) is 36.6 Å². The molecule has 0 aromatic heterocycles. The minimum atomic E-state index is -0.653. The molecule has 0 rings (SSSR count). The van der Waals surface area contributed by atoms with Gasteiger partial charge in [0.2, 0.25) is 0 Å². The molecule has 0 saturated heterocycles. The summed E-state index contributed by atoms with van der Waals surface area (Å²) in [6.45, 7) is 5.80. The lowest BCUT2D eigenvalue weighted by Gasteiger charge is -2.08. The summed E-state index contributed by atoms with van der Waals surface area (Å²) in [7, 11) is 4.30. The van der Waals surface area contributed by atoms with Crippen molar-refractivity contribution in [3.8, 4) is 0 Å². The van der Waals surface area contributed by atoms with Crippen LogP contribution in [0.25, 0.3) is 0 Å². The minimum absolute atomic E-state index is 0.345. The predicted molar refractivity (Wildman–Crippen MR) is 144 cm³/mol. The fourth-order valence-corrected chi connectivity index (χ4v) is 4.03. The molecule has 0 aromatic carbocycles. The van der Waals surface area contributed by atoms with Gasteiger partial charge in [-0.1, -0.05) is 142 Å². The first-order valence-electron chi connectivity index (χ1n) is 14.4. The molecule has 0 radical (unpaired) electrons. The van der Waals surface area contributed by atoms with E-state index in [4.69, 9.17) is 5.11 Å². The monoisotopic (exact) mass is 455 g/mol. The number of carboxylic acid groups (broad SMARTS) is 1. The van der Waals surface area contributed by atoms with E-state index in [0.29, 0.717) is 6.42 Å². The molecule has 0 saturated carbocycles. The molecule has 0 bridgehead atoms. The fourth-order valence-electron chi connectivity index (χ4n) is 4.03. The minimum Gasteiger partial charge on any atom is -0.481 e. The number of unbranched alkanes of at least 4 members (excludes halogenated alkanes) is 20. The molecule has 3 heteroatoms. The lowest BCUT2D eigenvalue weighted by Crippen LogP contribution is -2.12. The first-order valence-corrected chi connectivity index (χ1v) is 14.4. The van der Waals surface area contributed by atoms with Gasteiger partial charge in [0.1, 0.15) is 0 Å². The van der Waals surface area contributed by atoms with E-state index in [1.165, 1.54) is 135 Å². The zero-order valence-corrected chi connectivity index (χ0v) is 22.8. The summed E-state index contributed by atoms with van der Waals surface area (Å²) in [5.41, 5.74) is 0. The van der Waals surface area contributed by atoms with E-state index in [-0.39, 0.29) is 0 Å². The third kappa shape index (κ3) is 36.8. The summed E-state index contributed by atoms with van der Waals surface area (Å²) in [5, 5.41) is 8.52. The van der Waals surface area contributed by atoms with Crippen LogP contribution in [0, 0.1) is 0 Å². The Bertz CT molecular complexity index is 344. The lowest BCUT2D eigenvalue weighted by atomic mass is 10.0. The lowest BCUT2D eigenvalue weighted by molar-refractivity contribution is -0.137. The maximum absolute atomic E-state index is 10.3. The Morgan fingerprint density at radius 2 is 0.781 bits per heavy atom. The summed E-state index contributed by atoms with van der Waals surface area (Å²) >= 11 is 0. The summed E-state index contributed by atoms with van der Waals surface area (Å²) in [4.78, 5) is 12.6. The number of hydrogen-bond acceptors (Lipinski definition) is 2. The average molecular weight is 456 g/mol. The van der Waals surface area contributed by atoms with Gasteiger partial charge in [-0.2, -0.15) is 0 Å². The van der Waals surface area contributed by atoms with Crippen LogP contribution in [0.3, 0.4) is 0 Å². The van der Waals surface area contributed by atoms with Gasteiger partial charge < -0.3 is 10.0 Å². The zero-order chi connectivity index (χ0) is 24.1. The molecule has 0 heterocycles. The highest BCUT2D eigenvalue weighted by molar-refractivity contribution is 5.66. The van der Waals surface area contributed by atoms with Crippen LogP contribution in [0.4, 0.5) is 0 Å². The second-order valence-corrected chi connectivity index (χ2v) is 10.0. The number of carboxylic acids is 1. The van der Waals surface area contributed by atoms with Gasteiger partial charge in [0.25, 0.3) is 0 Å². The van der Waals surface area contributed by atoms with Crippen LogP contribution >= 0.6 is 0 Å². The topological polar surface area (TPSA) is 40.5 Å². The maximum Gasteiger partial charge on any atom is 0.303 e. The van der Waals surface area contributed by atoms with Gasteiger partial charge in [-0.25, -0.2) is 0 Å². The molecule has 0 aromatic rings. The number of nitrogens with zero attached hydrogens (tertiary/aromatic N) is 1. The summed E-state index contributed by atoms with van der Waals surface area (Å²) < 4.78 is 0. The van der Waals surface area contributed by atoms with E-state index >= 15 is 0 Å². The van der Waals surface area contributed by atoms with E-state index in [1.54, 1.807) is 0 Å². The molecule has 0 aliphatic heterocycles. The van der Waals surface area contributed by atoms with E-state index in [0.717, 1.165) is 12.8 Å². The molecule has 3 nitrogen and oxygen atoms in total. The fraction of sp³-hybridized carbons (Fsp3) is 0.966. The Balaban J connectivity index is 0. The van der Waals surface area contributed by atoms with Crippen LogP contribution in [0.5, 0.6) is 0 Å². The number of aliphatic carboxylic acids is 1. The van der Waals surface area contributed by atoms with Gasteiger partial charge in [-0.3, -0.25) is 4.79 Å². The molecule has 0 amide bonds. The Labute approximate surface area is 203 Å². The summed E-state index contributed by atoms with van der Waals surface area (Å²) in [6, 6.07) is 0. The number of carbonyl (C=O) groups is 1. The van der Waals surface area contributed by atoms with Crippen molar-refractivity contribution in [2.24, 2.45) is 0 Å². The highest BCUT2D eigenvalue weighted by atomic mass is 16.4. The van der Waals surface area contributed by atoms with Gasteiger partial charge in [-0.15, -0.1) is 0 Å². The zero-order valence-electron chi connectivity index (χ0n) is 22.8. The average Bonchev–Trinajstić information content (AvgIpc) is 2.76. The molecular weight excluding hydrogens is 394 g/mol. The molecule has 32 heavy (non-hydrogen) atoms. The Kier molecular flexibility index (Phi) is 32.0. The van der Waals surface area contributed by atoms with Crippen molar-refractivity contribution in [3.05, 3.63) is 0 Å². The third-order valence-electron chi connectivity index (χ3n) is 6.20. The van der Waals surface area contributed by atoms with Crippen molar-refractivity contribution in [3.63, 3.8) is 0 Å². The summed E-state index contributed by atoms with van der Waals surface area (Å²) in [5.74, 6) is -0.653. The van der Waals surface area contributed by atoms with Crippen molar-refractivity contribution >= 4 is 5.97 Å². The maximum atomic E-state index is 10.3. The molecule has 0 fully saturated rings. The van der Waals surface area contributed by atoms with Crippen LogP contribution in [0.1, 0.15) is 162 Å². The first kappa shape index (κ1) is 33.6. The van der Waals surface area contributed by atoms with Crippen LogP contribution in [-0.2, 0) is 4.79 Å². The number of hydrogen-bond donors (Lipinski definition) is 1. The van der Waals surface area contributed by atoms with E-state index < -0.39 is 5.97 Å².